The summed E-state index contributed by atoms with van der Waals surface area (Å²) < 4.78 is 16.7. The molecule has 31 heavy (non-hydrogen) atoms. The smallest absolute Gasteiger partial charge is 0.273 e. The number of ether oxygens (including phenoxy) is 2. The van der Waals surface area contributed by atoms with Gasteiger partial charge in [-0.15, -0.1) is 0 Å². The fraction of sp³-hybridized carbons (Fsp3) is 0.500. The van der Waals surface area contributed by atoms with Gasteiger partial charge < -0.3 is 24.1 Å². The molecule has 2 aromatic rings. The molecule has 1 N–H and O–H groups in total. The minimum atomic E-state index is -0.319. The van der Waals surface area contributed by atoms with Gasteiger partial charge in [0.1, 0.15) is 6.26 Å². The maximum atomic E-state index is 13.1. The van der Waals surface area contributed by atoms with Crippen molar-refractivity contribution in [1.29, 1.82) is 0 Å². The molecule has 9 heteroatoms. The average Bonchev–Trinajstić information content (AvgIpc) is 3.54. The zero-order chi connectivity index (χ0) is 21.6. The summed E-state index contributed by atoms with van der Waals surface area (Å²) in [5.41, 5.74) is 0.701. The molecule has 4 rings (SSSR count). The van der Waals surface area contributed by atoms with Crippen LogP contribution in [0.5, 0.6) is 0 Å². The first-order valence-electron chi connectivity index (χ1n) is 10.6. The van der Waals surface area contributed by atoms with Crippen molar-refractivity contribution in [3.05, 3.63) is 52.7 Å². The molecular weight excluding hydrogens is 422 g/mol. The van der Waals surface area contributed by atoms with Crippen molar-refractivity contribution in [1.82, 2.24) is 15.2 Å². The number of halogens is 1. The third kappa shape index (κ3) is 5.84. The average molecular weight is 448 g/mol. The first-order valence-corrected chi connectivity index (χ1v) is 11.0. The Morgan fingerprint density at radius 1 is 1.10 bits per heavy atom. The van der Waals surface area contributed by atoms with Gasteiger partial charge in [0.05, 0.1) is 18.8 Å². The Bertz CT molecular complexity index is 889. The Morgan fingerprint density at radius 2 is 1.81 bits per heavy atom. The van der Waals surface area contributed by atoms with Crippen molar-refractivity contribution in [3.8, 4) is 0 Å². The number of hydrogen-bond acceptors (Lipinski definition) is 6. The van der Waals surface area contributed by atoms with E-state index in [4.69, 9.17) is 25.5 Å². The van der Waals surface area contributed by atoms with E-state index >= 15 is 0 Å². The Hall–Kier alpha value is -2.42. The molecule has 2 aliphatic rings. The zero-order valence-corrected chi connectivity index (χ0v) is 18.0. The largest absolute Gasteiger partial charge is 0.446 e. The molecule has 8 nitrogen and oxygen atoms in total. The van der Waals surface area contributed by atoms with Crippen molar-refractivity contribution < 1.29 is 23.5 Å². The first kappa shape index (κ1) is 21.8. The molecule has 2 atom stereocenters. The monoisotopic (exact) mass is 447 g/mol. The summed E-state index contributed by atoms with van der Waals surface area (Å²) in [6, 6.07) is 6.74. The quantitative estimate of drug-likeness (QED) is 0.668. The Kier molecular flexibility index (Phi) is 7.21. The van der Waals surface area contributed by atoms with E-state index in [1.165, 1.54) is 6.26 Å². The van der Waals surface area contributed by atoms with E-state index in [9.17, 15) is 9.59 Å². The number of nitrogens with one attached hydrogen (secondary N) is 1. The van der Waals surface area contributed by atoms with Gasteiger partial charge in [-0.05, 0) is 49.9 Å². The summed E-state index contributed by atoms with van der Waals surface area (Å²) in [6.45, 7) is 2.43. The van der Waals surface area contributed by atoms with Gasteiger partial charge in [0.15, 0.2) is 5.69 Å². The highest BCUT2D eigenvalue weighted by Crippen LogP contribution is 2.19. The third-order valence-corrected chi connectivity index (χ3v) is 5.70. The van der Waals surface area contributed by atoms with E-state index in [0.29, 0.717) is 36.2 Å². The van der Waals surface area contributed by atoms with E-state index in [1.54, 1.807) is 29.2 Å². The molecule has 3 heterocycles. The van der Waals surface area contributed by atoms with Crippen LogP contribution in [0.4, 0.5) is 0 Å². The SMILES string of the molecule is O=C(NCC1CCCO1)c1coc(CN(CC2CCCO2)C(=O)c2ccc(Cl)cc2)n1. The number of nitrogens with zero attached hydrogens (tertiary/aromatic N) is 2. The van der Waals surface area contributed by atoms with Gasteiger partial charge in [-0.2, -0.15) is 0 Å². The van der Waals surface area contributed by atoms with E-state index in [1.807, 2.05) is 0 Å². The summed E-state index contributed by atoms with van der Waals surface area (Å²) in [4.78, 5) is 31.4. The molecule has 166 valence electrons. The molecule has 1 aromatic carbocycles. The number of carbonyl (C=O) groups excluding carboxylic acids is 2. The van der Waals surface area contributed by atoms with Gasteiger partial charge in [-0.1, -0.05) is 11.6 Å². The van der Waals surface area contributed by atoms with Gasteiger partial charge >= 0.3 is 0 Å². The lowest BCUT2D eigenvalue weighted by Crippen LogP contribution is -2.37. The summed E-state index contributed by atoms with van der Waals surface area (Å²) in [5.74, 6) is -0.197. The Balaban J connectivity index is 1.41. The lowest BCUT2D eigenvalue weighted by atomic mass is 10.1. The number of carbonyl (C=O) groups is 2. The van der Waals surface area contributed by atoms with E-state index in [2.05, 4.69) is 10.3 Å². The molecule has 0 aliphatic carbocycles. The van der Waals surface area contributed by atoms with Crippen molar-refractivity contribution in [2.75, 3.05) is 26.3 Å². The number of amides is 2. The third-order valence-electron chi connectivity index (χ3n) is 5.45. The number of aromatic nitrogens is 1. The van der Waals surface area contributed by atoms with Crippen LogP contribution in [-0.4, -0.2) is 60.2 Å². The molecule has 2 fully saturated rings. The number of oxazole rings is 1. The van der Waals surface area contributed by atoms with Crippen LogP contribution in [0.3, 0.4) is 0 Å². The normalized spacial score (nSPS) is 20.7. The van der Waals surface area contributed by atoms with Crippen LogP contribution < -0.4 is 5.32 Å². The van der Waals surface area contributed by atoms with E-state index in [0.717, 1.165) is 32.3 Å². The minimum Gasteiger partial charge on any atom is -0.446 e. The van der Waals surface area contributed by atoms with Gasteiger partial charge in [0.2, 0.25) is 5.89 Å². The van der Waals surface area contributed by atoms with Gasteiger partial charge in [-0.25, -0.2) is 4.98 Å². The molecule has 2 unspecified atom stereocenters. The molecule has 2 amide bonds. The molecule has 2 aliphatic heterocycles. The maximum absolute atomic E-state index is 13.1. The number of rotatable bonds is 8. The second-order valence-electron chi connectivity index (χ2n) is 7.80. The van der Waals surface area contributed by atoms with E-state index < -0.39 is 0 Å². The fourth-order valence-electron chi connectivity index (χ4n) is 3.78. The second kappa shape index (κ2) is 10.3. The molecule has 1 aromatic heterocycles. The minimum absolute atomic E-state index is 0.0274. The topological polar surface area (TPSA) is 93.9 Å². The van der Waals surface area contributed by atoms with Crippen molar-refractivity contribution >= 4 is 23.4 Å². The van der Waals surface area contributed by atoms with E-state index in [-0.39, 0.29) is 36.3 Å². The summed E-state index contributed by atoms with van der Waals surface area (Å²) in [6.07, 6.45) is 5.16. The fourth-order valence-corrected chi connectivity index (χ4v) is 3.91. The summed E-state index contributed by atoms with van der Waals surface area (Å²) in [5, 5.41) is 3.38. The van der Waals surface area contributed by atoms with Crippen LogP contribution in [0, 0.1) is 0 Å². The van der Waals surface area contributed by atoms with Crippen LogP contribution in [0.25, 0.3) is 0 Å². The van der Waals surface area contributed by atoms with Crippen LogP contribution in [0.1, 0.15) is 52.4 Å². The highest BCUT2D eigenvalue weighted by atomic mass is 35.5. The molecule has 0 spiro atoms. The molecule has 0 bridgehead atoms. The lowest BCUT2D eigenvalue weighted by Gasteiger charge is -2.24. The Labute approximate surface area is 185 Å². The van der Waals surface area contributed by atoms with Gasteiger partial charge in [-0.3, -0.25) is 9.59 Å². The molecule has 0 radical (unpaired) electrons. The predicted molar refractivity (Wildman–Crippen MR) is 113 cm³/mol. The highest BCUT2D eigenvalue weighted by molar-refractivity contribution is 6.30. The van der Waals surface area contributed by atoms with Gasteiger partial charge in [0, 0.05) is 36.9 Å². The van der Waals surface area contributed by atoms with Crippen molar-refractivity contribution in [2.45, 2.75) is 44.4 Å². The number of hydrogen-bond donors (Lipinski definition) is 1. The number of benzene rings is 1. The molecular formula is C22H26ClN3O5. The van der Waals surface area contributed by atoms with Crippen LogP contribution in [0.2, 0.25) is 5.02 Å². The second-order valence-corrected chi connectivity index (χ2v) is 8.24. The Morgan fingerprint density at radius 3 is 2.48 bits per heavy atom. The van der Waals surface area contributed by atoms with Crippen LogP contribution >= 0.6 is 11.6 Å². The highest BCUT2D eigenvalue weighted by Gasteiger charge is 2.26. The van der Waals surface area contributed by atoms with Crippen LogP contribution in [0.15, 0.2) is 34.9 Å². The maximum Gasteiger partial charge on any atom is 0.273 e. The van der Waals surface area contributed by atoms with Crippen molar-refractivity contribution in [3.63, 3.8) is 0 Å². The predicted octanol–water partition coefficient (Wildman–Crippen LogP) is 3.06. The lowest BCUT2D eigenvalue weighted by molar-refractivity contribution is 0.0487. The standard InChI is InChI=1S/C22H26ClN3O5/c23-16-7-5-15(6-8-16)22(28)26(12-18-4-2-10-30-18)13-20-25-19(14-31-20)21(27)24-11-17-3-1-9-29-17/h5-8,14,17-18H,1-4,9-13H2,(H,24,27). The van der Waals surface area contributed by atoms with Crippen LogP contribution in [-0.2, 0) is 16.0 Å². The summed E-state index contributed by atoms with van der Waals surface area (Å²) >= 11 is 5.95. The summed E-state index contributed by atoms with van der Waals surface area (Å²) in [7, 11) is 0. The zero-order valence-electron chi connectivity index (χ0n) is 17.2. The first-order chi connectivity index (χ1) is 15.1. The van der Waals surface area contributed by atoms with Crippen molar-refractivity contribution in [2.24, 2.45) is 0 Å². The molecule has 2 saturated heterocycles. The van der Waals surface area contributed by atoms with Gasteiger partial charge in [0.25, 0.3) is 11.8 Å². The molecule has 0 saturated carbocycles.